The van der Waals surface area contributed by atoms with Crippen LogP contribution in [0.2, 0.25) is 0 Å². The number of hydrogen-bond donors (Lipinski definition) is 2. The number of nitrogen functional groups attached to an aromatic ring is 1. The SMILES string of the molecule is CCn1cnnc1CNc1ncnc(N)c1[N+](=O)[O-]. The Labute approximate surface area is 107 Å². The molecule has 0 aliphatic carbocycles. The fourth-order valence-corrected chi connectivity index (χ4v) is 1.54. The number of aryl methyl sites for hydroxylation is 1. The van der Waals surface area contributed by atoms with Crippen molar-refractivity contribution in [1.29, 1.82) is 0 Å². The van der Waals surface area contributed by atoms with Gasteiger partial charge in [-0.15, -0.1) is 10.2 Å². The number of nitrogens with one attached hydrogen (secondary N) is 1. The first kappa shape index (κ1) is 12.7. The summed E-state index contributed by atoms with van der Waals surface area (Å²) < 4.78 is 1.81. The topological polar surface area (TPSA) is 138 Å². The molecule has 2 heterocycles. The van der Waals surface area contributed by atoms with Gasteiger partial charge >= 0.3 is 5.69 Å². The summed E-state index contributed by atoms with van der Waals surface area (Å²) in [5.41, 5.74) is 5.12. The minimum Gasteiger partial charge on any atom is -0.378 e. The summed E-state index contributed by atoms with van der Waals surface area (Å²) in [5, 5.41) is 21.4. The molecule has 0 saturated carbocycles. The molecule has 0 fully saturated rings. The van der Waals surface area contributed by atoms with Gasteiger partial charge in [-0.3, -0.25) is 10.1 Å². The Kier molecular flexibility index (Phi) is 3.50. The third kappa shape index (κ3) is 2.56. The molecule has 2 rings (SSSR count). The van der Waals surface area contributed by atoms with Crippen LogP contribution in [0.3, 0.4) is 0 Å². The van der Waals surface area contributed by atoms with E-state index < -0.39 is 4.92 Å². The molecule has 100 valence electrons. The van der Waals surface area contributed by atoms with E-state index in [1.807, 2.05) is 11.5 Å². The van der Waals surface area contributed by atoms with Gasteiger partial charge in [0.25, 0.3) is 0 Å². The van der Waals surface area contributed by atoms with Crippen molar-refractivity contribution in [3.8, 4) is 0 Å². The zero-order valence-corrected chi connectivity index (χ0v) is 10.1. The fourth-order valence-electron chi connectivity index (χ4n) is 1.54. The number of nitrogens with two attached hydrogens (primary N) is 1. The van der Waals surface area contributed by atoms with E-state index in [-0.39, 0.29) is 23.9 Å². The molecular weight excluding hydrogens is 252 g/mol. The lowest BCUT2D eigenvalue weighted by Gasteiger charge is -2.07. The van der Waals surface area contributed by atoms with E-state index in [1.54, 1.807) is 6.33 Å². The highest BCUT2D eigenvalue weighted by Crippen LogP contribution is 2.26. The predicted octanol–water partition coefficient (Wildman–Crippen LogP) is 0.191. The van der Waals surface area contributed by atoms with Crippen molar-refractivity contribution in [1.82, 2.24) is 24.7 Å². The minimum atomic E-state index is -0.623. The van der Waals surface area contributed by atoms with E-state index in [4.69, 9.17) is 5.73 Å². The van der Waals surface area contributed by atoms with Crippen LogP contribution in [-0.2, 0) is 13.1 Å². The van der Waals surface area contributed by atoms with Gasteiger partial charge in [-0.1, -0.05) is 0 Å². The molecule has 0 amide bonds. The number of nitro groups is 1. The monoisotopic (exact) mass is 264 g/mol. The quantitative estimate of drug-likeness (QED) is 0.576. The Bertz CT molecular complexity index is 596. The second kappa shape index (κ2) is 5.25. The molecule has 0 unspecified atom stereocenters. The third-order valence-corrected chi connectivity index (χ3v) is 2.48. The van der Waals surface area contributed by atoms with Crippen LogP contribution in [0.25, 0.3) is 0 Å². The Morgan fingerprint density at radius 1 is 1.53 bits per heavy atom. The summed E-state index contributed by atoms with van der Waals surface area (Å²) in [5.74, 6) is 0.525. The molecule has 0 atom stereocenters. The standard InChI is InChI=1S/C9H12N8O2/c1-2-16-5-14-15-6(16)3-11-9-7(17(18)19)8(10)12-4-13-9/h4-5H,2-3H2,1H3,(H3,10,11,12,13). The molecule has 0 radical (unpaired) electrons. The van der Waals surface area contributed by atoms with Crippen molar-refractivity contribution in [2.24, 2.45) is 0 Å². The third-order valence-electron chi connectivity index (χ3n) is 2.48. The van der Waals surface area contributed by atoms with Crippen LogP contribution in [-0.4, -0.2) is 29.7 Å². The normalized spacial score (nSPS) is 10.4. The molecule has 2 aromatic rings. The second-order valence-corrected chi connectivity index (χ2v) is 3.60. The van der Waals surface area contributed by atoms with Gasteiger partial charge in [0.05, 0.1) is 11.5 Å². The maximum Gasteiger partial charge on any atom is 0.352 e. The van der Waals surface area contributed by atoms with E-state index in [0.717, 1.165) is 6.33 Å². The van der Waals surface area contributed by atoms with Crippen molar-refractivity contribution in [2.75, 3.05) is 11.1 Å². The lowest BCUT2D eigenvalue weighted by molar-refractivity contribution is -0.383. The van der Waals surface area contributed by atoms with Crippen molar-refractivity contribution in [3.63, 3.8) is 0 Å². The molecule has 0 aliphatic heterocycles. The minimum absolute atomic E-state index is 0.0585. The maximum absolute atomic E-state index is 10.9. The average molecular weight is 264 g/mol. The second-order valence-electron chi connectivity index (χ2n) is 3.60. The molecule has 10 heteroatoms. The van der Waals surface area contributed by atoms with Crippen molar-refractivity contribution in [2.45, 2.75) is 20.0 Å². The molecular formula is C9H12N8O2. The average Bonchev–Trinajstić information content (AvgIpc) is 2.83. The van der Waals surface area contributed by atoms with Gasteiger partial charge in [-0.2, -0.15) is 0 Å². The summed E-state index contributed by atoms with van der Waals surface area (Å²) in [4.78, 5) is 17.7. The first-order chi connectivity index (χ1) is 9.13. The zero-order chi connectivity index (χ0) is 13.8. The molecule has 0 saturated heterocycles. The Morgan fingerprint density at radius 3 is 3.00 bits per heavy atom. The van der Waals surface area contributed by atoms with E-state index in [2.05, 4.69) is 25.5 Å². The zero-order valence-electron chi connectivity index (χ0n) is 10.1. The summed E-state index contributed by atoms with van der Waals surface area (Å²) >= 11 is 0. The van der Waals surface area contributed by atoms with Crippen molar-refractivity contribution in [3.05, 3.63) is 28.6 Å². The Hall–Kier alpha value is -2.78. The lowest BCUT2D eigenvalue weighted by Crippen LogP contribution is -2.11. The summed E-state index contributed by atoms with van der Waals surface area (Å²) in [6, 6.07) is 0. The molecule has 3 N–H and O–H groups in total. The fraction of sp³-hybridized carbons (Fsp3) is 0.333. The van der Waals surface area contributed by atoms with Gasteiger partial charge in [0, 0.05) is 6.54 Å². The molecule has 19 heavy (non-hydrogen) atoms. The van der Waals surface area contributed by atoms with Crippen LogP contribution >= 0.6 is 0 Å². The number of hydrogen-bond acceptors (Lipinski definition) is 8. The first-order valence-corrected chi connectivity index (χ1v) is 5.49. The van der Waals surface area contributed by atoms with E-state index >= 15 is 0 Å². The Balaban J connectivity index is 2.20. The lowest BCUT2D eigenvalue weighted by atomic mass is 10.4. The highest BCUT2D eigenvalue weighted by Gasteiger charge is 2.20. The summed E-state index contributed by atoms with van der Waals surface area (Å²) in [6.07, 6.45) is 2.75. The number of nitrogens with zero attached hydrogens (tertiary/aromatic N) is 6. The largest absolute Gasteiger partial charge is 0.378 e. The summed E-state index contributed by atoms with van der Waals surface area (Å²) in [7, 11) is 0. The Morgan fingerprint density at radius 2 is 2.32 bits per heavy atom. The van der Waals surface area contributed by atoms with Crippen LogP contribution in [0, 0.1) is 10.1 Å². The van der Waals surface area contributed by atoms with E-state index in [9.17, 15) is 10.1 Å². The van der Waals surface area contributed by atoms with Gasteiger partial charge < -0.3 is 15.6 Å². The molecule has 0 spiro atoms. The predicted molar refractivity (Wildman–Crippen MR) is 66.1 cm³/mol. The van der Waals surface area contributed by atoms with Gasteiger partial charge in [-0.05, 0) is 6.92 Å². The van der Waals surface area contributed by atoms with Gasteiger partial charge in [0.2, 0.25) is 11.6 Å². The van der Waals surface area contributed by atoms with E-state index in [1.165, 1.54) is 0 Å². The van der Waals surface area contributed by atoms with Gasteiger partial charge in [0.1, 0.15) is 12.7 Å². The van der Waals surface area contributed by atoms with Crippen LogP contribution in [0.5, 0.6) is 0 Å². The number of anilines is 2. The maximum atomic E-state index is 10.9. The van der Waals surface area contributed by atoms with Crippen LogP contribution in [0.1, 0.15) is 12.7 Å². The molecule has 2 aromatic heterocycles. The van der Waals surface area contributed by atoms with Crippen molar-refractivity contribution >= 4 is 17.3 Å². The van der Waals surface area contributed by atoms with Gasteiger partial charge in [0.15, 0.2) is 5.82 Å². The molecule has 10 nitrogen and oxygen atoms in total. The van der Waals surface area contributed by atoms with E-state index in [0.29, 0.717) is 12.4 Å². The smallest absolute Gasteiger partial charge is 0.352 e. The van der Waals surface area contributed by atoms with Crippen LogP contribution < -0.4 is 11.1 Å². The highest BCUT2D eigenvalue weighted by molar-refractivity contribution is 5.67. The molecule has 0 aliphatic rings. The van der Waals surface area contributed by atoms with Crippen LogP contribution in [0.4, 0.5) is 17.3 Å². The van der Waals surface area contributed by atoms with Crippen molar-refractivity contribution < 1.29 is 4.92 Å². The molecule has 0 aromatic carbocycles. The summed E-state index contributed by atoms with van der Waals surface area (Å²) in [6.45, 7) is 2.90. The number of aromatic nitrogens is 5. The van der Waals surface area contributed by atoms with Gasteiger partial charge in [-0.25, -0.2) is 9.97 Å². The van der Waals surface area contributed by atoms with Crippen LogP contribution in [0.15, 0.2) is 12.7 Å². The highest BCUT2D eigenvalue weighted by atomic mass is 16.6. The molecule has 0 bridgehead atoms. The number of rotatable bonds is 5. The first-order valence-electron chi connectivity index (χ1n) is 5.49.